The zero-order chi connectivity index (χ0) is 14.2. The van der Waals surface area contributed by atoms with Crippen LogP contribution in [-0.2, 0) is 6.54 Å². The number of aromatic nitrogens is 1. The first-order valence-electron chi connectivity index (χ1n) is 7.20. The monoisotopic (exact) mass is 296 g/mol. The molecule has 0 radical (unpaired) electrons. The molecule has 1 N–H and O–H groups in total. The molecule has 3 nitrogen and oxygen atoms in total. The molecule has 1 aromatic carbocycles. The molecule has 1 fully saturated rings. The number of thiophene rings is 1. The number of aromatic amines is 1. The Labute approximate surface area is 127 Å². The third-order valence-corrected chi connectivity index (χ3v) is 4.72. The van der Waals surface area contributed by atoms with E-state index in [-0.39, 0.29) is 5.91 Å². The van der Waals surface area contributed by atoms with Gasteiger partial charge in [0.1, 0.15) is 0 Å². The zero-order valence-electron chi connectivity index (χ0n) is 11.6. The van der Waals surface area contributed by atoms with Gasteiger partial charge in [-0.2, -0.15) is 11.3 Å². The maximum Gasteiger partial charge on any atom is 0.254 e. The predicted octanol–water partition coefficient (Wildman–Crippen LogP) is 4.03. The third kappa shape index (κ3) is 2.47. The number of hydrogen-bond acceptors (Lipinski definition) is 2. The number of benzene rings is 1. The number of nitrogens with zero attached hydrogens (tertiary/aromatic N) is 1. The fourth-order valence-electron chi connectivity index (χ4n) is 2.68. The third-order valence-electron chi connectivity index (χ3n) is 3.98. The van der Waals surface area contributed by atoms with Crippen molar-refractivity contribution in [3.63, 3.8) is 0 Å². The molecule has 0 unspecified atom stereocenters. The highest BCUT2D eigenvalue weighted by Crippen LogP contribution is 2.30. The number of fused-ring (bicyclic) bond motifs is 1. The van der Waals surface area contributed by atoms with Crippen molar-refractivity contribution in [1.82, 2.24) is 9.88 Å². The molecule has 4 heteroatoms. The first-order chi connectivity index (χ1) is 10.3. The maximum absolute atomic E-state index is 12.8. The Morgan fingerprint density at radius 2 is 2.19 bits per heavy atom. The van der Waals surface area contributed by atoms with Gasteiger partial charge in [-0.25, -0.2) is 0 Å². The lowest BCUT2D eigenvalue weighted by Gasteiger charge is -2.22. The van der Waals surface area contributed by atoms with Crippen molar-refractivity contribution in [2.45, 2.75) is 25.4 Å². The Balaban J connectivity index is 1.63. The Hall–Kier alpha value is -2.07. The number of rotatable bonds is 4. The normalized spacial score (nSPS) is 14.5. The van der Waals surface area contributed by atoms with E-state index in [9.17, 15) is 4.79 Å². The number of hydrogen-bond donors (Lipinski definition) is 1. The molecular weight excluding hydrogens is 280 g/mol. The zero-order valence-corrected chi connectivity index (χ0v) is 12.4. The van der Waals surface area contributed by atoms with Gasteiger partial charge in [-0.3, -0.25) is 4.79 Å². The predicted molar refractivity (Wildman–Crippen MR) is 85.5 cm³/mol. The van der Waals surface area contributed by atoms with Gasteiger partial charge in [0.25, 0.3) is 5.91 Å². The minimum absolute atomic E-state index is 0.139. The SMILES string of the molecule is O=C(c1ccc2cc[nH]c2c1)N(Cc1ccsc1)C1CC1. The van der Waals surface area contributed by atoms with Crippen LogP contribution in [0.25, 0.3) is 10.9 Å². The molecule has 3 aromatic rings. The van der Waals surface area contributed by atoms with Gasteiger partial charge < -0.3 is 9.88 Å². The summed E-state index contributed by atoms with van der Waals surface area (Å²) in [7, 11) is 0. The summed E-state index contributed by atoms with van der Waals surface area (Å²) in [6.07, 6.45) is 4.16. The smallest absolute Gasteiger partial charge is 0.254 e. The molecule has 106 valence electrons. The van der Waals surface area contributed by atoms with Crippen molar-refractivity contribution < 1.29 is 4.79 Å². The van der Waals surface area contributed by atoms with Gasteiger partial charge in [-0.05, 0) is 58.8 Å². The molecule has 0 atom stereocenters. The summed E-state index contributed by atoms with van der Waals surface area (Å²) >= 11 is 1.68. The second kappa shape index (κ2) is 5.04. The molecule has 21 heavy (non-hydrogen) atoms. The van der Waals surface area contributed by atoms with E-state index in [4.69, 9.17) is 0 Å². The topological polar surface area (TPSA) is 36.1 Å². The van der Waals surface area contributed by atoms with Crippen LogP contribution in [0.2, 0.25) is 0 Å². The lowest BCUT2D eigenvalue weighted by molar-refractivity contribution is 0.0730. The molecule has 0 spiro atoms. The average molecular weight is 296 g/mol. The quantitative estimate of drug-likeness (QED) is 0.775. The Morgan fingerprint density at radius 1 is 1.29 bits per heavy atom. The van der Waals surface area contributed by atoms with Crippen molar-refractivity contribution in [1.29, 1.82) is 0 Å². The summed E-state index contributed by atoms with van der Waals surface area (Å²) in [6.45, 7) is 0.718. The van der Waals surface area contributed by atoms with Crippen LogP contribution < -0.4 is 0 Å². The van der Waals surface area contributed by atoms with Crippen molar-refractivity contribution in [3.8, 4) is 0 Å². The van der Waals surface area contributed by atoms with E-state index < -0.39 is 0 Å². The number of H-pyrrole nitrogens is 1. The van der Waals surface area contributed by atoms with Gasteiger partial charge in [-0.1, -0.05) is 6.07 Å². The van der Waals surface area contributed by atoms with Crippen LogP contribution in [0.1, 0.15) is 28.8 Å². The summed E-state index contributed by atoms with van der Waals surface area (Å²) in [5, 5.41) is 5.33. The van der Waals surface area contributed by atoms with E-state index in [1.165, 1.54) is 5.56 Å². The van der Waals surface area contributed by atoms with Crippen molar-refractivity contribution in [3.05, 3.63) is 58.4 Å². The minimum atomic E-state index is 0.139. The number of nitrogens with one attached hydrogen (secondary N) is 1. The maximum atomic E-state index is 12.8. The molecule has 1 amide bonds. The molecule has 1 aliphatic carbocycles. The van der Waals surface area contributed by atoms with Crippen molar-refractivity contribution in [2.75, 3.05) is 0 Å². The van der Waals surface area contributed by atoms with Gasteiger partial charge in [0.2, 0.25) is 0 Å². The summed E-state index contributed by atoms with van der Waals surface area (Å²) in [6, 6.07) is 10.4. The molecule has 2 heterocycles. The van der Waals surface area contributed by atoms with Crippen LogP contribution in [0.5, 0.6) is 0 Å². The summed E-state index contributed by atoms with van der Waals surface area (Å²) in [5.41, 5.74) is 3.01. The highest BCUT2D eigenvalue weighted by atomic mass is 32.1. The average Bonchev–Trinajstić information content (AvgIpc) is 3.02. The number of amides is 1. The first kappa shape index (κ1) is 12.7. The van der Waals surface area contributed by atoms with Gasteiger partial charge in [-0.15, -0.1) is 0 Å². The van der Waals surface area contributed by atoms with E-state index >= 15 is 0 Å². The van der Waals surface area contributed by atoms with E-state index in [0.29, 0.717) is 6.04 Å². The molecule has 1 saturated carbocycles. The summed E-state index contributed by atoms with van der Waals surface area (Å²) in [4.78, 5) is 18.0. The minimum Gasteiger partial charge on any atom is -0.361 e. The van der Waals surface area contributed by atoms with Crippen molar-refractivity contribution >= 4 is 28.1 Å². The molecule has 1 aliphatic rings. The Kier molecular flexibility index (Phi) is 3.04. The van der Waals surface area contributed by atoms with E-state index in [0.717, 1.165) is 35.9 Å². The van der Waals surface area contributed by atoms with Gasteiger partial charge in [0.15, 0.2) is 0 Å². The van der Waals surface area contributed by atoms with E-state index in [1.807, 2.05) is 35.4 Å². The molecule has 0 aliphatic heterocycles. The van der Waals surface area contributed by atoms with E-state index in [1.54, 1.807) is 11.3 Å². The van der Waals surface area contributed by atoms with Gasteiger partial charge in [0.05, 0.1) is 0 Å². The fraction of sp³-hybridized carbons (Fsp3) is 0.235. The molecule has 2 aromatic heterocycles. The van der Waals surface area contributed by atoms with Crippen molar-refractivity contribution in [2.24, 2.45) is 0 Å². The number of carbonyl (C=O) groups excluding carboxylic acids is 1. The Bertz CT molecular complexity index is 771. The van der Waals surface area contributed by atoms with Gasteiger partial charge in [0, 0.05) is 29.9 Å². The summed E-state index contributed by atoms with van der Waals surface area (Å²) < 4.78 is 0. The number of carbonyl (C=O) groups is 1. The molecule has 4 rings (SSSR count). The summed E-state index contributed by atoms with van der Waals surface area (Å²) in [5.74, 6) is 0.139. The molecule has 0 bridgehead atoms. The van der Waals surface area contributed by atoms with Crippen LogP contribution in [0.3, 0.4) is 0 Å². The lowest BCUT2D eigenvalue weighted by Crippen LogP contribution is -2.32. The van der Waals surface area contributed by atoms with Gasteiger partial charge >= 0.3 is 0 Å². The van der Waals surface area contributed by atoms with Crippen LogP contribution in [0.15, 0.2) is 47.3 Å². The molecule has 0 saturated heterocycles. The van der Waals surface area contributed by atoms with E-state index in [2.05, 4.69) is 21.8 Å². The lowest BCUT2D eigenvalue weighted by atomic mass is 10.1. The second-order valence-electron chi connectivity index (χ2n) is 5.58. The second-order valence-corrected chi connectivity index (χ2v) is 6.36. The molecular formula is C17H16N2OS. The van der Waals surface area contributed by atoms with Crippen LogP contribution in [-0.4, -0.2) is 21.8 Å². The largest absolute Gasteiger partial charge is 0.361 e. The highest BCUT2D eigenvalue weighted by molar-refractivity contribution is 7.07. The fourth-order valence-corrected chi connectivity index (χ4v) is 3.34. The highest BCUT2D eigenvalue weighted by Gasteiger charge is 2.33. The van der Waals surface area contributed by atoms with Crippen LogP contribution >= 0.6 is 11.3 Å². The first-order valence-corrected chi connectivity index (χ1v) is 8.15. The van der Waals surface area contributed by atoms with Crippen LogP contribution in [0, 0.1) is 0 Å². The Morgan fingerprint density at radius 3 is 2.95 bits per heavy atom. The van der Waals surface area contributed by atoms with Crippen LogP contribution in [0.4, 0.5) is 0 Å². The standard InChI is InChI=1S/C17H16N2OS/c20-17(14-2-1-13-5-7-18-16(13)9-14)19(15-3-4-15)10-12-6-8-21-11-12/h1-2,5-9,11,15,18H,3-4,10H2.